The summed E-state index contributed by atoms with van der Waals surface area (Å²) in [5, 5.41) is 20.9. The fourth-order valence-corrected chi connectivity index (χ4v) is 2.53. The molecule has 0 radical (unpaired) electrons. The van der Waals surface area contributed by atoms with Gasteiger partial charge in [-0.3, -0.25) is 0 Å². The minimum Gasteiger partial charge on any atom is -0.473 e. The molecule has 0 bridgehead atoms. The number of nitriles is 1. The fourth-order valence-electron chi connectivity index (χ4n) is 2.53. The molecule has 3 rings (SSSR count). The van der Waals surface area contributed by atoms with Gasteiger partial charge in [0.25, 0.3) is 0 Å². The second kappa shape index (κ2) is 3.42. The first-order chi connectivity index (χ1) is 8.52. The van der Waals surface area contributed by atoms with Crippen LogP contribution in [-0.4, -0.2) is 25.8 Å². The molecule has 1 atom stereocenters. The molecule has 92 valence electrons. The minimum absolute atomic E-state index is 0.193. The maximum Gasteiger partial charge on any atom is 0.209 e. The van der Waals surface area contributed by atoms with Crippen molar-refractivity contribution in [2.45, 2.75) is 38.8 Å². The summed E-state index contributed by atoms with van der Waals surface area (Å²) < 4.78 is 7.43. The molecule has 18 heavy (non-hydrogen) atoms. The molecule has 0 aromatic carbocycles. The quantitative estimate of drug-likeness (QED) is 0.691. The molecule has 0 saturated carbocycles. The smallest absolute Gasteiger partial charge is 0.209 e. The van der Waals surface area contributed by atoms with E-state index in [1.54, 1.807) is 4.68 Å². The molecule has 6 heteroatoms. The topological polar surface area (TPSA) is 76.6 Å². The largest absolute Gasteiger partial charge is 0.473 e. The molecule has 1 unspecified atom stereocenters. The van der Waals surface area contributed by atoms with E-state index in [4.69, 9.17) is 4.74 Å². The van der Waals surface area contributed by atoms with E-state index in [-0.39, 0.29) is 6.04 Å². The highest BCUT2D eigenvalue weighted by Gasteiger charge is 2.36. The standard InChI is InChI=1S/C12H13N5O/c1-7-4-8-5-12(2,3)18-9(6-13)10(8)11-14-15-16-17(7)11/h5,7H,4H2,1-3H3. The molecule has 0 spiro atoms. The number of nitrogens with zero attached hydrogens (tertiary/aromatic N) is 5. The zero-order chi connectivity index (χ0) is 12.9. The van der Waals surface area contributed by atoms with Gasteiger partial charge in [0.05, 0.1) is 11.6 Å². The molecule has 2 aliphatic rings. The van der Waals surface area contributed by atoms with Crippen molar-refractivity contribution >= 4 is 5.57 Å². The maximum atomic E-state index is 9.25. The van der Waals surface area contributed by atoms with E-state index >= 15 is 0 Å². The highest BCUT2D eigenvalue weighted by Crippen LogP contribution is 2.42. The summed E-state index contributed by atoms with van der Waals surface area (Å²) in [5.41, 5.74) is 1.37. The summed E-state index contributed by atoms with van der Waals surface area (Å²) in [6.45, 7) is 5.94. The zero-order valence-electron chi connectivity index (χ0n) is 10.5. The van der Waals surface area contributed by atoms with E-state index in [9.17, 15) is 5.26 Å². The summed E-state index contributed by atoms with van der Waals surface area (Å²) in [6.07, 6.45) is 2.86. The third-order valence-electron chi connectivity index (χ3n) is 3.19. The van der Waals surface area contributed by atoms with Gasteiger partial charge in [-0.15, -0.1) is 5.10 Å². The van der Waals surface area contributed by atoms with Crippen molar-refractivity contribution in [2.75, 3.05) is 0 Å². The maximum absolute atomic E-state index is 9.25. The van der Waals surface area contributed by atoms with Gasteiger partial charge >= 0.3 is 0 Å². The van der Waals surface area contributed by atoms with Crippen molar-refractivity contribution in [1.29, 1.82) is 5.26 Å². The summed E-state index contributed by atoms with van der Waals surface area (Å²) >= 11 is 0. The number of hydrogen-bond acceptors (Lipinski definition) is 5. The van der Waals surface area contributed by atoms with E-state index in [0.717, 1.165) is 17.6 Å². The van der Waals surface area contributed by atoms with Crippen molar-refractivity contribution in [3.8, 4) is 6.07 Å². The van der Waals surface area contributed by atoms with Crippen LogP contribution in [0.5, 0.6) is 0 Å². The van der Waals surface area contributed by atoms with Gasteiger partial charge in [-0.2, -0.15) is 5.26 Å². The molecule has 0 saturated heterocycles. The number of rotatable bonds is 0. The average Bonchev–Trinajstić information content (AvgIpc) is 2.75. The Morgan fingerprint density at radius 3 is 3.06 bits per heavy atom. The van der Waals surface area contributed by atoms with Crippen LogP contribution in [0.3, 0.4) is 0 Å². The molecule has 0 N–H and O–H groups in total. The molecular weight excluding hydrogens is 230 g/mol. The Bertz CT molecular complexity index is 617. The predicted molar refractivity (Wildman–Crippen MR) is 62.9 cm³/mol. The van der Waals surface area contributed by atoms with Crippen LogP contribution in [0.2, 0.25) is 0 Å². The molecule has 0 aliphatic carbocycles. The van der Waals surface area contributed by atoms with Crippen LogP contribution in [0.15, 0.2) is 17.4 Å². The van der Waals surface area contributed by atoms with E-state index in [0.29, 0.717) is 11.6 Å². The van der Waals surface area contributed by atoms with Gasteiger partial charge in [0.15, 0.2) is 5.82 Å². The van der Waals surface area contributed by atoms with Gasteiger partial charge in [-0.05, 0) is 49.3 Å². The first kappa shape index (κ1) is 11.0. The lowest BCUT2D eigenvalue weighted by Crippen LogP contribution is -2.29. The van der Waals surface area contributed by atoms with Crippen LogP contribution in [0.4, 0.5) is 0 Å². The lowest BCUT2D eigenvalue weighted by Gasteiger charge is -2.33. The van der Waals surface area contributed by atoms with Crippen LogP contribution in [0, 0.1) is 11.3 Å². The van der Waals surface area contributed by atoms with Gasteiger partial charge in [0.2, 0.25) is 5.76 Å². The predicted octanol–water partition coefficient (Wildman–Crippen LogP) is 1.61. The highest BCUT2D eigenvalue weighted by molar-refractivity contribution is 5.81. The normalized spacial score (nSPS) is 24.6. The number of ether oxygens (including phenoxy) is 1. The Hall–Kier alpha value is -2.16. The van der Waals surface area contributed by atoms with Crippen molar-refractivity contribution in [2.24, 2.45) is 0 Å². The van der Waals surface area contributed by atoms with Gasteiger partial charge in [-0.25, -0.2) is 4.68 Å². The summed E-state index contributed by atoms with van der Waals surface area (Å²) in [7, 11) is 0. The lowest BCUT2D eigenvalue weighted by molar-refractivity contribution is 0.0846. The first-order valence-corrected chi connectivity index (χ1v) is 5.85. The average molecular weight is 243 g/mol. The Labute approximate surface area is 105 Å². The third-order valence-corrected chi connectivity index (χ3v) is 3.19. The van der Waals surface area contributed by atoms with Crippen LogP contribution in [-0.2, 0) is 4.74 Å². The van der Waals surface area contributed by atoms with E-state index < -0.39 is 5.60 Å². The van der Waals surface area contributed by atoms with Crippen molar-refractivity contribution in [3.63, 3.8) is 0 Å². The number of tetrazole rings is 1. The number of hydrogen-bond donors (Lipinski definition) is 0. The van der Waals surface area contributed by atoms with Crippen LogP contribution >= 0.6 is 0 Å². The second-order valence-electron chi connectivity index (χ2n) is 5.19. The van der Waals surface area contributed by atoms with Crippen molar-refractivity contribution in [3.05, 3.63) is 23.2 Å². The van der Waals surface area contributed by atoms with E-state index in [1.807, 2.05) is 13.8 Å². The van der Waals surface area contributed by atoms with E-state index in [1.165, 1.54) is 0 Å². The fraction of sp³-hybridized carbons (Fsp3) is 0.500. The third kappa shape index (κ3) is 1.44. The van der Waals surface area contributed by atoms with Crippen molar-refractivity contribution in [1.82, 2.24) is 20.2 Å². The second-order valence-corrected chi connectivity index (χ2v) is 5.19. The Morgan fingerprint density at radius 1 is 1.56 bits per heavy atom. The summed E-state index contributed by atoms with van der Waals surface area (Å²) in [6, 6.07) is 2.31. The number of allylic oxidation sites excluding steroid dienone is 3. The summed E-state index contributed by atoms with van der Waals surface area (Å²) in [5.74, 6) is 0.924. The minimum atomic E-state index is -0.459. The monoisotopic (exact) mass is 243 g/mol. The Balaban J connectivity index is 2.25. The Kier molecular flexibility index (Phi) is 2.08. The van der Waals surface area contributed by atoms with Gasteiger partial charge in [0, 0.05) is 0 Å². The van der Waals surface area contributed by atoms with Gasteiger partial charge < -0.3 is 4.74 Å². The van der Waals surface area contributed by atoms with Crippen LogP contribution in [0.1, 0.15) is 39.1 Å². The number of aromatic nitrogens is 4. The lowest BCUT2D eigenvalue weighted by atomic mass is 9.88. The zero-order valence-corrected chi connectivity index (χ0v) is 10.5. The van der Waals surface area contributed by atoms with Crippen molar-refractivity contribution < 1.29 is 4.74 Å². The molecule has 0 fully saturated rings. The van der Waals surface area contributed by atoms with Crippen LogP contribution in [0.25, 0.3) is 5.57 Å². The highest BCUT2D eigenvalue weighted by atomic mass is 16.5. The SMILES string of the molecule is CC1CC2=CC(C)(C)OC(C#N)=C2c2nnnn21. The molecule has 3 heterocycles. The first-order valence-electron chi connectivity index (χ1n) is 5.85. The Morgan fingerprint density at radius 2 is 2.33 bits per heavy atom. The van der Waals surface area contributed by atoms with Crippen LogP contribution < -0.4 is 0 Å². The molecule has 1 aromatic heterocycles. The molecule has 0 amide bonds. The summed E-state index contributed by atoms with van der Waals surface area (Å²) in [4.78, 5) is 0. The van der Waals surface area contributed by atoms with E-state index in [2.05, 4.69) is 34.6 Å². The molecule has 2 aliphatic heterocycles. The molecular formula is C12H13N5O. The van der Waals surface area contributed by atoms with Gasteiger partial charge in [-0.1, -0.05) is 0 Å². The molecule has 6 nitrogen and oxygen atoms in total. The number of fused-ring (bicyclic) bond motifs is 3. The van der Waals surface area contributed by atoms with Gasteiger partial charge in [0.1, 0.15) is 11.7 Å². The molecule has 1 aromatic rings.